The van der Waals surface area contributed by atoms with Crippen LogP contribution in [0.3, 0.4) is 0 Å². The van der Waals surface area contributed by atoms with Gasteiger partial charge in [-0.25, -0.2) is 0 Å². The van der Waals surface area contributed by atoms with Crippen LogP contribution in [0.5, 0.6) is 0 Å². The van der Waals surface area contributed by atoms with Gasteiger partial charge in [-0.1, -0.05) is 0 Å². The van der Waals surface area contributed by atoms with E-state index in [9.17, 15) is 0 Å². The first-order valence-electron chi connectivity index (χ1n) is 2.13. The van der Waals surface area contributed by atoms with Gasteiger partial charge in [0, 0.05) is 0 Å². The number of rotatable bonds is 1. The van der Waals surface area contributed by atoms with Gasteiger partial charge in [0.05, 0.1) is 0 Å². The van der Waals surface area contributed by atoms with Crippen molar-refractivity contribution in [1.29, 1.82) is 0 Å². The summed E-state index contributed by atoms with van der Waals surface area (Å²) in [5.41, 5.74) is 0. The van der Waals surface area contributed by atoms with Crippen molar-refractivity contribution in [3.63, 3.8) is 0 Å². The zero-order valence-electron chi connectivity index (χ0n) is 4.04. The monoisotopic (exact) mass is 237 g/mol. The second kappa shape index (κ2) is 3.23. The molecular weight excluding hydrogens is 233 g/mol. The van der Waals surface area contributed by atoms with Crippen LogP contribution in [-0.2, 0) is 0 Å². The van der Waals surface area contributed by atoms with Gasteiger partial charge in [0.2, 0.25) is 0 Å². The molecule has 1 heterocycles. The van der Waals surface area contributed by atoms with Crippen molar-refractivity contribution in [2.24, 2.45) is 0 Å². The number of aromatic nitrogens is 1. The Labute approximate surface area is 61.4 Å². The molecular formula is C5H4BrNSe. The molecule has 0 aromatic carbocycles. The maximum absolute atomic E-state index is 4.08. The van der Waals surface area contributed by atoms with E-state index in [1.807, 2.05) is 18.2 Å². The second-order valence-corrected chi connectivity index (χ2v) is 4.13. The maximum atomic E-state index is 4.08. The van der Waals surface area contributed by atoms with E-state index in [0.29, 0.717) is 13.1 Å². The molecule has 0 saturated carbocycles. The first-order valence-corrected chi connectivity index (χ1v) is 7.00. The quantitative estimate of drug-likeness (QED) is 0.656. The Morgan fingerprint density at radius 3 is 2.75 bits per heavy atom. The summed E-state index contributed by atoms with van der Waals surface area (Å²) in [5.74, 6) is 0. The molecule has 0 N–H and O–H groups in total. The third-order valence-electron chi connectivity index (χ3n) is 0.717. The summed E-state index contributed by atoms with van der Waals surface area (Å²) in [6.45, 7) is 0. The fraction of sp³-hybridized carbons (Fsp3) is 0. The van der Waals surface area contributed by atoms with E-state index in [0.717, 1.165) is 4.59 Å². The summed E-state index contributed by atoms with van der Waals surface area (Å²) in [6, 6.07) is 5.92. The average Bonchev–Trinajstić information content (AvgIpc) is 1.90. The minimum atomic E-state index is 0.369. The van der Waals surface area contributed by atoms with Gasteiger partial charge in [0.25, 0.3) is 0 Å². The van der Waals surface area contributed by atoms with Crippen LogP contribution in [-0.4, -0.2) is 18.1 Å². The van der Waals surface area contributed by atoms with E-state index < -0.39 is 0 Å². The van der Waals surface area contributed by atoms with E-state index >= 15 is 0 Å². The van der Waals surface area contributed by atoms with Gasteiger partial charge < -0.3 is 0 Å². The number of pyridine rings is 1. The predicted molar refractivity (Wildman–Crippen MR) is 38.6 cm³/mol. The first-order chi connectivity index (χ1) is 3.93. The SMILES string of the molecule is Br[Se]c1ccccn1. The number of hydrogen-bond donors (Lipinski definition) is 0. The van der Waals surface area contributed by atoms with E-state index in [1.54, 1.807) is 6.20 Å². The molecule has 1 rings (SSSR count). The van der Waals surface area contributed by atoms with Crippen molar-refractivity contribution in [2.75, 3.05) is 0 Å². The molecule has 0 amide bonds. The molecule has 0 saturated heterocycles. The predicted octanol–water partition coefficient (Wildman–Crippen LogP) is 0.721. The van der Waals surface area contributed by atoms with Gasteiger partial charge in [-0.15, -0.1) is 0 Å². The van der Waals surface area contributed by atoms with Crippen LogP contribution in [0.2, 0.25) is 0 Å². The van der Waals surface area contributed by atoms with Gasteiger partial charge in [-0.3, -0.25) is 0 Å². The molecule has 1 aromatic rings. The summed E-state index contributed by atoms with van der Waals surface area (Å²) in [6.07, 6.45) is 1.80. The Kier molecular flexibility index (Phi) is 2.53. The molecule has 0 aliphatic carbocycles. The Morgan fingerprint density at radius 1 is 1.50 bits per heavy atom. The number of hydrogen-bond acceptors (Lipinski definition) is 1. The molecule has 0 radical (unpaired) electrons. The molecule has 1 aromatic heterocycles. The van der Waals surface area contributed by atoms with E-state index in [-0.39, 0.29) is 0 Å². The average molecular weight is 237 g/mol. The zero-order valence-corrected chi connectivity index (χ0v) is 7.34. The molecule has 0 bridgehead atoms. The molecule has 3 heteroatoms. The van der Waals surface area contributed by atoms with Crippen LogP contribution < -0.4 is 4.59 Å². The van der Waals surface area contributed by atoms with E-state index in [4.69, 9.17) is 0 Å². The second-order valence-electron chi connectivity index (χ2n) is 1.25. The van der Waals surface area contributed by atoms with E-state index in [1.165, 1.54) is 0 Å². The summed E-state index contributed by atoms with van der Waals surface area (Å²) in [4.78, 5) is 4.08. The van der Waals surface area contributed by atoms with E-state index in [2.05, 4.69) is 19.1 Å². The zero-order chi connectivity index (χ0) is 5.82. The Morgan fingerprint density at radius 2 is 2.38 bits per heavy atom. The minimum absolute atomic E-state index is 0.369. The standard InChI is InChI=1S/C5H4BrNSe/c6-8-5-3-1-2-4-7-5/h1-4H. The molecule has 0 aliphatic heterocycles. The van der Waals surface area contributed by atoms with Gasteiger partial charge in [0.15, 0.2) is 0 Å². The van der Waals surface area contributed by atoms with Crippen LogP contribution in [0, 0.1) is 0 Å². The van der Waals surface area contributed by atoms with Crippen LogP contribution in [0.15, 0.2) is 24.4 Å². The molecule has 0 spiro atoms. The molecule has 1 nitrogen and oxygen atoms in total. The fourth-order valence-electron chi connectivity index (χ4n) is 0.393. The van der Waals surface area contributed by atoms with Crippen LogP contribution in [0.1, 0.15) is 0 Å². The van der Waals surface area contributed by atoms with Gasteiger partial charge in [-0.2, -0.15) is 0 Å². The molecule has 42 valence electrons. The first kappa shape index (κ1) is 6.27. The molecule has 0 fully saturated rings. The summed E-state index contributed by atoms with van der Waals surface area (Å²) in [5, 5.41) is 0. The summed E-state index contributed by atoms with van der Waals surface area (Å²) < 4.78 is 1.14. The fourth-order valence-corrected chi connectivity index (χ4v) is 1.87. The Bertz CT molecular complexity index is 154. The van der Waals surface area contributed by atoms with Crippen molar-refractivity contribution in [1.82, 2.24) is 4.98 Å². The summed E-state index contributed by atoms with van der Waals surface area (Å²) >= 11 is 3.73. The Hall–Kier alpha value is 0.149. The van der Waals surface area contributed by atoms with Crippen LogP contribution >= 0.6 is 14.1 Å². The normalized spacial score (nSPS) is 9.12. The number of nitrogens with zero attached hydrogens (tertiary/aromatic N) is 1. The van der Waals surface area contributed by atoms with Crippen molar-refractivity contribution < 1.29 is 0 Å². The summed E-state index contributed by atoms with van der Waals surface area (Å²) in [7, 11) is 0. The van der Waals surface area contributed by atoms with Crippen LogP contribution in [0.25, 0.3) is 0 Å². The third kappa shape index (κ3) is 1.58. The molecule has 0 atom stereocenters. The van der Waals surface area contributed by atoms with Gasteiger partial charge >= 0.3 is 61.2 Å². The van der Waals surface area contributed by atoms with Crippen molar-refractivity contribution in [3.8, 4) is 0 Å². The number of halogens is 1. The molecule has 0 aliphatic rings. The van der Waals surface area contributed by atoms with Gasteiger partial charge in [0.1, 0.15) is 0 Å². The Balaban J connectivity index is 2.83. The van der Waals surface area contributed by atoms with Crippen molar-refractivity contribution >= 4 is 31.9 Å². The van der Waals surface area contributed by atoms with Crippen molar-refractivity contribution in [3.05, 3.63) is 24.4 Å². The van der Waals surface area contributed by atoms with Crippen molar-refractivity contribution in [2.45, 2.75) is 0 Å². The van der Waals surface area contributed by atoms with Crippen LogP contribution in [0.4, 0.5) is 0 Å². The van der Waals surface area contributed by atoms with Gasteiger partial charge in [-0.05, 0) is 0 Å². The molecule has 8 heavy (non-hydrogen) atoms. The third-order valence-corrected chi connectivity index (χ3v) is 3.28. The molecule has 0 unspecified atom stereocenters. The topological polar surface area (TPSA) is 12.9 Å².